The van der Waals surface area contributed by atoms with E-state index >= 15 is 0 Å². The van der Waals surface area contributed by atoms with Crippen LogP contribution in [0.25, 0.3) is 0 Å². The number of amides is 1. The predicted octanol–water partition coefficient (Wildman–Crippen LogP) is 2.62. The van der Waals surface area contributed by atoms with Gasteiger partial charge in [-0.05, 0) is 50.0 Å². The largest absolute Gasteiger partial charge is 0.368 e. The molecule has 0 spiro atoms. The Hall–Kier alpha value is -2.03. The summed E-state index contributed by atoms with van der Waals surface area (Å²) in [6.07, 6.45) is 4.95. The minimum absolute atomic E-state index is 0.0409. The SMILES string of the molecule is O=C([C@@H]1CCCO1)N1CCCC[C@H]1c1nc2c(c(=O)[nH]1)CCN(Cc1cccs1)C2. The van der Waals surface area contributed by atoms with Crippen molar-refractivity contribution in [2.75, 3.05) is 19.7 Å². The second-order valence-electron chi connectivity index (χ2n) is 8.46. The van der Waals surface area contributed by atoms with Crippen molar-refractivity contribution >= 4 is 17.2 Å². The number of hydrogen-bond acceptors (Lipinski definition) is 6. The summed E-state index contributed by atoms with van der Waals surface area (Å²) in [5.74, 6) is 0.694. The summed E-state index contributed by atoms with van der Waals surface area (Å²) in [5, 5.41) is 2.09. The number of carbonyl (C=O) groups excluding carboxylic acids is 1. The van der Waals surface area contributed by atoms with Crippen LogP contribution in [0.5, 0.6) is 0 Å². The molecule has 7 nitrogen and oxygen atoms in total. The van der Waals surface area contributed by atoms with Crippen molar-refractivity contribution in [1.29, 1.82) is 0 Å². The quantitative estimate of drug-likeness (QED) is 0.810. The van der Waals surface area contributed by atoms with Gasteiger partial charge in [-0.25, -0.2) is 4.98 Å². The van der Waals surface area contributed by atoms with Gasteiger partial charge in [0.2, 0.25) is 0 Å². The molecule has 8 heteroatoms. The van der Waals surface area contributed by atoms with E-state index < -0.39 is 0 Å². The molecule has 0 aliphatic carbocycles. The summed E-state index contributed by atoms with van der Waals surface area (Å²) in [6, 6.07) is 4.05. The lowest BCUT2D eigenvalue weighted by Crippen LogP contribution is -2.45. The van der Waals surface area contributed by atoms with Crippen LogP contribution in [0.4, 0.5) is 0 Å². The molecule has 160 valence electrons. The Balaban J connectivity index is 1.39. The number of rotatable bonds is 4. The fourth-order valence-electron chi connectivity index (χ4n) is 4.87. The molecule has 1 N–H and O–H groups in total. The highest BCUT2D eigenvalue weighted by Gasteiger charge is 2.36. The van der Waals surface area contributed by atoms with E-state index in [1.165, 1.54) is 4.88 Å². The third-order valence-electron chi connectivity index (χ3n) is 6.44. The van der Waals surface area contributed by atoms with Gasteiger partial charge in [0.1, 0.15) is 11.9 Å². The summed E-state index contributed by atoms with van der Waals surface area (Å²) in [7, 11) is 0. The van der Waals surface area contributed by atoms with Crippen molar-refractivity contribution in [2.24, 2.45) is 0 Å². The number of nitrogens with zero attached hydrogens (tertiary/aromatic N) is 3. The Morgan fingerprint density at radius 1 is 1.27 bits per heavy atom. The third kappa shape index (κ3) is 3.96. The van der Waals surface area contributed by atoms with Gasteiger partial charge in [-0.15, -0.1) is 11.3 Å². The summed E-state index contributed by atoms with van der Waals surface area (Å²) >= 11 is 1.76. The highest BCUT2D eigenvalue weighted by atomic mass is 32.1. The molecule has 2 fully saturated rings. The molecule has 0 radical (unpaired) electrons. The summed E-state index contributed by atoms with van der Waals surface area (Å²) in [6.45, 7) is 3.78. The number of ether oxygens (including phenoxy) is 1. The molecule has 2 aromatic heterocycles. The molecule has 2 aromatic rings. The van der Waals surface area contributed by atoms with Crippen molar-refractivity contribution < 1.29 is 9.53 Å². The highest BCUT2D eigenvalue weighted by Crippen LogP contribution is 2.31. The van der Waals surface area contributed by atoms with Crippen molar-refractivity contribution in [3.63, 3.8) is 0 Å². The Morgan fingerprint density at radius 3 is 3.00 bits per heavy atom. The van der Waals surface area contributed by atoms with Gasteiger partial charge < -0.3 is 14.6 Å². The average Bonchev–Trinajstić information content (AvgIpc) is 3.47. The molecule has 0 unspecified atom stereocenters. The Labute approximate surface area is 180 Å². The fraction of sp³-hybridized carbons (Fsp3) is 0.591. The Bertz CT molecular complexity index is 952. The van der Waals surface area contributed by atoms with Crippen LogP contribution in [-0.2, 0) is 29.0 Å². The van der Waals surface area contributed by atoms with Crippen LogP contribution in [0.2, 0.25) is 0 Å². The molecular formula is C22H28N4O3S. The maximum Gasteiger partial charge on any atom is 0.254 e. The number of piperidine rings is 1. The lowest BCUT2D eigenvalue weighted by atomic mass is 9.99. The molecule has 0 aromatic carbocycles. The van der Waals surface area contributed by atoms with Crippen LogP contribution in [0.1, 0.15) is 60.1 Å². The molecule has 5 heterocycles. The van der Waals surface area contributed by atoms with Crippen molar-refractivity contribution in [3.8, 4) is 0 Å². The number of likely N-dealkylation sites (tertiary alicyclic amines) is 1. The van der Waals surface area contributed by atoms with E-state index in [-0.39, 0.29) is 23.6 Å². The predicted molar refractivity (Wildman–Crippen MR) is 114 cm³/mol. The first-order valence-corrected chi connectivity index (χ1v) is 11.9. The molecule has 0 saturated carbocycles. The molecule has 3 aliphatic heterocycles. The first-order chi connectivity index (χ1) is 14.7. The second kappa shape index (κ2) is 8.61. The zero-order chi connectivity index (χ0) is 20.5. The fourth-order valence-corrected chi connectivity index (χ4v) is 5.61. The first-order valence-electron chi connectivity index (χ1n) is 11.0. The van der Waals surface area contributed by atoms with Crippen LogP contribution in [0, 0.1) is 0 Å². The zero-order valence-corrected chi connectivity index (χ0v) is 18.0. The molecule has 30 heavy (non-hydrogen) atoms. The molecule has 2 atom stereocenters. The van der Waals surface area contributed by atoms with E-state index in [9.17, 15) is 9.59 Å². The Kier molecular flexibility index (Phi) is 5.71. The summed E-state index contributed by atoms with van der Waals surface area (Å²) in [4.78, 5) is 39.4. The van der Waals surface area contributed by atoms with Gasteiger partial charge >= 0.3 is 0 Å². The maximum absolute atomic E-state index is 13.1. The topological polar surface area (TPSA) is 78.5 Å². The molecule has 1 amide bonds. The third-order valence-corrected chi connectivity index (χ3v) is 7.30. The monoisotopic (exact) mass is 428 g/mol. The average molecular weight is 429 g/mol. The lowest BCUT2D eigenvalue weighted by molar-refractivity contribution is -0.145. The van der Waals surface area contributed by atoms with Gasteiger partial charge in [0.25, 0.3) is 11.5 Å². The van der Waals surface area contributed by atoms with Crippen molar-refractivity contribution in [1.82, 2.24) is 19.8 Å². The summed E-state index contributed by atoms with van der Waals surface area (Å²) in [5.41, 5.74) is 1.63. The van der Waals surface area contributed by atoms with Gasteiger partial charge in [-0.2, -0.15) is 0 Å². The van der Waals surface area contributed by atoms with Gasteiger partial charge in [0.05, 0.1) is 11.7 Å². The van der Waals surface area contributed by atoms with Gasteiger partial charge in [0.15, 0.2) is 0 Å². The number of aromatic amines is 1. The standard InChI is InChI=1S/C22H28N4O3S/c27-21-16-8-10-25(13-15-5-4-12-30-15)14-17(16)23-20(24-21)18-6-1-2-9-26(18)22(28)19-7-3-11-29-19/h4-5,12,18-19H,1-3,6-11,13-14H2,(H,23,24,27)/t18-,19-/m0/s1. The van der Waals surface area contributed by atoms with E-state index in [4.69, 9.17) is 9.72 Å². The smallest absolute Gasteiger partial charge is 0.254 e. The molecule has 0 bridgehead atoms. The normalized spacial score (nSPS) is 24.7. The second-order valence-corrected chi connectivity index (χ2v) is 9.49. The number of hydrogen-bond donors (Lipinski definition) is 1. The van der Waals surface area contributed by atoms with Gasteiger partial charge in [-0.1, -0.05) is 6.07 Å². The van der Waals surface area contributed by atoms with Gasteiger partial charge in [-0.3, -0.25) is 14.5 Å². The van der Waals surface area contributed by atoms with E-state index in [0.717, 1.165) is 56.5 Å². The lowest BCUT2D eigenvalue weighted by Gasteiger charge is -2.37. The Morgan fingerprint density at radius 2 is 2.20 bits per heavy atom. The van der Waals surface area contributed by atoms with Crippen LogP contribution in [-0.4, -0.2) is 51.5 Å². The van der Waals surface area contributed by atoms with Crippen LogP contribution in [0.15, 0.2) is 22.3 Å². The van der Waals surface area contributed by atoms with E-state index in [1.807, 2.05) is 4.90 Å². The molecule has 5 rings (SSSR count). The molecule has 2 saturated heterocycles. The number of thiophene rings is 1. The first kappa shape index (κ1) is 19.9. The van der Waals surface area contributed by atoms with E-state index in [2.05, 4.69) is 27.4 Å². The number of H-pyrrole nitrogens is 1. The van der Waals surface area contributed by atoms with Crippen molar-refractivity contribution in [3.05, 3.63) is 49.8 Å². The number of aromatic nitrogens is 2. The minimum Gasteiger partial charge on any atom is -0.368 e. The number of nitrogens with one attached hydrogen (secondary N) is 1. The van der Waals surface area contributed by atoms with Gasteiger partial charge in [0, 0.05) is 43.2 Å². The summed E-state index contributed by atoms with van der Waals surface area (Å²) < 4.78 is 5.64. The number of fused-ring (bicyclic) bond motifs is 1. The highest BCUT2D eigenvalue weighted by molar-refractivity contribution is 7.09. The maximum atomic E-state index is 13.1. The van der Waals surface area contributed by atoms with E-state index in [0.29, 0.717) is 31.9 Å². The van der Waals surface area contributed by atoms with Crippen molar-refractivity contribution in [2.45, 2.75) is 63.8 Å². The molecule has 3 aliphatic rings. The van der Waals surface area contributed by atoms with E-state index in [1.54, 1.807) is 11.3 Å². The minimum atomic E-state index is -0.337. The van der Waals surface area contributed by atoms with Crippen LogP contribution < -0.4 is 5.56 Å². The number of carbonyl (C=O) groups is 1. The molecular weight excluding hydrogens is 400 g/mol. The van der Waals surface area contributed by atoms with Crippen LogP contribution in [0.3, 0.4) is 0 Å². The van der Waals surface area contributed by atoms with Crippen LogP contribution >= 0.6 is 11.3 Å². The zero-order valence-electron chi connectivity index (χ0n) is 17.1.